The van der Waals surface area contributed by atoms with Gasteiger partial charge in [-0.05, 0) is 20.3 Å². The molecule has 1 atom stereocenters. The van der Waals surface area contributed by atoms with E-state index in [1.165, 1.54) is 12.4 Å². The van der Waals surface area contributed by atoms with Crippen LogP contribution < -0.4 is 5.32 Å². The number of nitrogens with zero attached hydrogens (tertiary/aromatic N) is 3. The van der Waals surface area contributed by atoms with Crippen molar-refractivity contribution < 1.29 is 19.8 Å². The third-order valence-corrected chi connectivity index (χ3v) is 3.78. The predicted octanol–water partition coefficient (Wildman–Crippen LogP) is 0.642. The number of aromatic nitrogens is 1. The minimum atomic E-state index is -0.982. The lowest BCUT2D eigenvalue weighted by Crippen LogP contribution is -2.42. The summed E-state index contributed by atoms with van der Waals surface area (Å²) in [4.78, 5) is 28.0. The van der Waals surface area contributed by atoms with Gasteiger partial charge in [-0.3, -0.25) is 9.78 Å². The second kappa shape index (κ2) is 5.72. The first-order valence-corrected chi connectivity index (χ1v) is 6.83. The molecule has 22 heavy (non-hydrogen) atoms. The molecule has 8 heteroatoms. The number of hydrogen-bond donors (Lipinski definition) is 3. The standard InChI is InChI=1S/C14H18N4O4/c1-4-14(3)12(21)18(13(22)17-14)16-6-10-9(7-19)5-15-8(2)11(10)20/h5-6,19-20H,4,7H2,1-3H3,(H,17,22)/b16-6-/t14-/m0/s1. The molecule has 0 radical (unpaired) electrons. The molecule has 1 aromatic rings. The summed E-state index contributed by atoms with van der Waals surface area (Å²) in [6, 6.07) is -0.624. The number of amides is 3. The van der Waals surface area contributed by atoms with Crippen LogP contribution in [0.1, 0.15) is 37.1 Å². The Balaban J connectivity index is 2.36. The van der Waals surface area contributed by atoms with Gasteiger partial charge >= 0.3 is 6.03 Å². The first-order valence-electron chi connectivity index (χ1n) is 6.83. The third kappa shape index (κ3) is 2.52. The van der Waals surface area contributed by atoms with Crippen molar-refractivity contribution in [2.45, 2.75) is 39.3 Å². The summed E-state index contributed by atoms with van der Waals surface area (Å²) in [5.74, 6) is -0.618. The number of aliphatic hydroxyl groups excluding tert-OH is 1. The third-order valence-electron chi connectivity index (χ3n) is 3.78. The quantitative estimate of drug-likeness (QED) is 0.558. The van der Waals surface area contributed by atoms with Gasteiger partial charge in [0.05, 0.1) is 18.5 Å². The number of rotatable bonds is 4. The van der Waals surface area contributed by atoms with E-state index in [1.54, 1.807) is 20.8 Å². The largest absolute Gasteiger partial charge is 0.505 e. The number of nitrogens with one attached hydrogen (secondary N) is 1. The van der Waals surface area contributed by atoms with Gasteiger partial charge in [0.25, 0.3) is 5.91 Å². The smallest absolute Gasteiger partial charge is 0.346 e. The molecule has 2 rings (SSSR count). The average Bonchev–Trinajstić information content (AvgIpc) is 2.71. The van der Waals surface area contributed by atoms with E-state index in [9.17, 15) is 19.8 Å². The summed E-state index contributed by atoms with van der Waals surface area (Å²) in [5, 5.41) is 26.4. The highest BCUT2D eigenvalue weighted by Crippen LogP contribution is 2.24. The van der Waals surface area contributed by atoms with Crippen LogP contribution in [0.4, 0.5) is 4.79 Å². The first-order chi connectivity index (χ1) is 10.3. The van der Waals surface area contributed by atoms with E-state index in [0.717, 1.165) is 5.01 Å². The second-order valence-electron chi connectivity index (χ2n) is 5.27. The first kappa shape index (κ1) is 15.9. The molecule has 2 heterocycles. The van der Waals surface area contributed by atoms with Crippen molar-refractivity contribution in [1.29, 1.82) is 0 Å². The highest BCUT2D eigenvalue weighted by molar-refractivity contribution is 6.07. The van der Waals surface area contributed by atoms with Gasteiger partial charge in [-0.1, -0.05) is 6.92 Å². The summed E-state index contributed by atoms with van der Waals surface area (Å²) in [5.41, 5.74) is -0.0585. The van der Waals surface area contributed by atoms with Gasteiger partial charge in [-0.25, -0.2) is 4.79 Å². The fourth-order valence-corrected chi connectivity index (χ4v) is 2.05. The minimum Gasteiger partial charge on any atom is -0.505 e. The number of urea groups is 1. The Kier molecular flexibility index (Phi) is 4.14. The number of imide groups is 1. The number of aromatic hydroxyl groups is 1. The number of hydrazone groups is 1. The Morgan fingerprint density at radius 2 is 2.18 bits per heavy atom. The topological polar surface area (TPSA) is 115 Å². The number of carbonyl (C=O) groups excluding carboxylic acids is 2. The molecule has 8 nitrogen and oxygen atoms in total. The lowest BCUT2D eigenvalue weighted by atomic mass is 10.00. The summed E-state index contributed by atoms with van der Waals surface area (Å²) < 4.78 is 0. The lowest BCUT2D eigenvalue weighted by Gasteiger charge is -2.17. The number of aliphatic hydroxyl groups is 1. The Morgan fingerprint density at radius 3 is 2.73 bits per heavy atom. The Labute approximate surface area is 127 Å². The molecular weight excluding hydrogens is 288 g/mol. The van der Waals surface area contributed by atoms with Crippen LogP contribution in [0.3, 0.4) is 0 Å². The molecule has 1 fully saturated rings. The molecule has 0 saturated carbocycles. The molecule has 0 aromatic carbocycles. The van der Waals surface area contributed by atoms with Gasteiger partial charge in [0, 0.05) is 17.3 Å². The SMILES string of the molecule is CC[C@]1(C)NC(=O)N(/N=C\c2c(CO)cnc(C)c2O)C1=O. The summed E-state index contributed by atoms with van der Waals surface area (Å²) in [6.45, 7) is 4.65. The maximum atomic E-state index is 12.2. The van der Waals surface area contributed by atoms with Crippen molar-refractivity contribution >= 4 is 18.2 Å². The molecule has 1 aliphatic rings. The molecule has 118 valence electrons. The maximum absolute atomic E-state index is 12.2. The minimum absolute atomic E-state index is 0.152. The molecular formula is C14H18N4O4. The van der Waals surface area contributed by atoms with Gasteiger partial charge in [-0.2, -0.15) is 5.10 Å². The highest BCUT2D eigenvalue weighted by atomic mass is 16.3. The van der Waals surface area contributed by atoms with Crippen molar-refractivity contribution in [3.05, 3.63) is 23.0 Å². The van der Waals surface area contributed by atoms with Crippen LogP contribution in [-0.2, 0) is 11.4 Å². The number of aryl methyl sites for hydroxylation is 1. The fourth-order valence-electron chi connectivity index (χ4n) is 2.05. The molecule has 0 unspecified atom stereocenters. The van der Waals surface area contributed by atoms with Crippen LogP contribution in [0.5, 0.6) is 5.75 Å². The van der Waals surface area contributed by atoms with Crippen molar-refractivity contribution in [3.8, 4) is 5.75 Å². The van der Waals surface area contributed by atoms with Crippen LogP contribution in [0.15, 0.2) is 11.3 Å². The number of pyridine rings is 1. The normalized spacial score (nSPS) is 21.7. The zero-order valence-corrected chi connectivity index (χ0v) is 12.6. The Morgan fingerprint density at radius 1 is 1.50 bits per heavy atom. The number of hydrogen-bond acceptors (Lipinski definition) is 6. The van der Waals surface area contributed by atoms with E-state index in [4.69, 9.17) is 0 Å². The van der Waals surface area contributed by atoms with E-state index < -0.39 is 17.5 Å². The lowest BCUT2D eigenvalue weighted by molar-refractivity contribution is -0.130. The monoisotopic (exact) mass is 306 g/mol. The summed E-state index contributed by atoms with van der Waals surface area (Å²) >= 11 is 0. The van der Waals surface area contributed by atoms with Crippen LogP contribution >= 0.6 is 0 Å². The number of carbonyl (C=O) groups is 2. The zero-order chi connectivity index (χ0) is 16.5. The van der Waals surface area contributed by atoms with Crippen LogP contribution in [0, 0.1) is 6.92 Å². The van der Waals surface area contributed by atoms with E-state index in [-0.39, 0.29) is 17.9 Å². The Hall–Kier alpha value is -2.48. The van der Waals surface area contributed by atoms with Gasteiger partial charge in [0.2, 0.25) is 0 Å². The van der Waals surface area contributed by atoms with Crippen LogP contribution in [0.25, 0.3) is 0 Å². The molecule has 0 aliphatic carbocycles. The van der Waals surface area contributed by atoms with Crippen molar-refractivity contribution in [2.24, 2.45) is 5.10 Å². The van der Waals surface area contributed by atoms with Crippen molar-refractivity contribution in [3.63, 3.8) is 0 Å². The predicted molar refractivity (Wildman–Crippen MR) is 78.2 cm³/mol. The second-order valence-corrected chi connectivity index (χ2v) is 5.27. The maximum Gasteiger partial charge on any atom is 0.346 e. The fraction of sp³-hybridized carbons (Fsp3) is 0.429. The molecule has 1 aromatic heterocycles. The van der Waals surface area contributed by atoms with Gasteiger partial charge in [0.1, 0.15) is 11.3 Å². The molecule has 0 bridgehead atoms. The summed E-state index contributed by atoms with van der Waals surface area (Å²) in [7, 11) is 0. The van der Waals surface area contributed by atoms with Crippen LogP contribution in [0.2, 0.25) is 0 Å². The molecule has 0 spiro atoms. The van der Waals surface area contributed by atoms with E-state index >= 15 is 0 Å². The molecule has 3 N–H and O–H groups in total. The highest BCUT2D eigenvalue weighted by Gasteiger charge is 2.46. The average molecular weight is 306 g/mol. The van der Waals surface area contributed by atoms with Crippen molar-refractivity contribution in [1.82, 2.24) is 15.3 Å². The van der Waals surface area contributed by atoms with E-state index in [2.05, 4.69) is 15.4 Å². The van der Waals surface area contributed by atoms with Crippen molar-refractivity contribution in [2.75, 3.05) is 0 Å². The van der Waals surface area contributed by atoms with E-state index in [0.29, 0.717) is 17.7 Å². The molecule has 1 aliphatic heterocycles. The van der Waals surface area contributed by atoms with Gasteiger partial charge in [-0.15, -0.1) is 5.01 Å². The van der Waals surface area contributed by atoms with Crippen LogP contribution in [-0.4, -0.2) is 43.9 Å². The zero-order valence-electron chi connectivity index (χ0n) is 12.6. The van der Waals surface area contributed by atoms with Gasteiger partial charge in [0.15, 0.2) is 0 Å². The Bertz CT molecular complexity index is 658. The molecule has 1 saturated heterocycles. The van der Waals surface area contributed by atoms with Gasteiger partial charge < -0.3 is 15.5 Å². The summed E-state index contributed by atoms with van der Waals surface area (Å²) in [6.07, 6.45) is 3.01. The van der Waals surface area contributed by atoms with E-state index in [1.807, 2.05) is 0 Å². The molecule has 3 amide bonds.